The zero-order valence-electron chi connectivity index (χ0n) is 11.4. The molecule has 0 saturated heterocycles. The van der Waals surface area contributed by atoms with Crippen molar-refractivity contribution in [3.05, 3.63) is 64.7 Å². The molecule has 0 aliphatic carbocycles. The van der Waals surface area contributed by atoms with Gasteiger partial charge in [-0.3, -0.25) is 4.18 Å². The van der Waals surface area contributed by atoms with Gasteiger partial charge in [0.15, 0.2) is 0 Å². The molecule has 2 rings (SSSR count). The minimum atomic E-state index is -3.87. The van der Waals surface area contributed by atoms with Crippen molar-refractivity contribution < 1.29 is 17.7 Å². The predicted octanol–water partition coefficient (Wildman–Crippen LogP) is 3.09. The minimum Gasteiger partial charge on any atom is -0.386 e. The molecule has 2 aromatic carbocycles. The Morgan fingerprint density at radius 1 is 1.10 bits per heavy atom. The van der Waals surface area contributed by atoms with Gasteiger partial charge in [0, 0.05) is 5.02 Å². The normalized spacial score (nSPS) is 13.1. The summed E-state index contributed by atoms with van der Waals surface area (Å²) in [5.74, 6) is 0. The lowest BCUT2D eigenvalue weighted by Gasteiger charge is -2.12. The average Bonchev–Trinajstić information content (AvgIpc) is 2.46. The Labute approximate surface area is 129 Å². The van der Waals surface area contributed by atoms with Crippen LogP contribution in [-0.4, -0.2) is 20.1 Å². The molecule has 0 unspecified atom stereocenters. The Morgan fingerprint density at radius 3 is 2.24 bits per heavy atom. The monoisotopic (exact) mass is 326 g/mol. The molecule has 0 aliphatic rings. The number of benzene rings is 2. The number of hydrogen-bond acceptors (Lipinski definition) is 4. The van der Waals surface area contributed by atoms with E-state index in [0.29, 0.717) is 10.6 Å². The Kier molecular flexibility index (Phi) is 5.00. The molecule has 1 atom stereocenters. The quantitative estimate of drug-likeness (QED) is 0.858. The van der Waals surface area contributed by atoms with Crippen molar-refractivity contribution in [2.45, 2.75) is 17.9 Å². The lowest BCUT2D eigenvalue weighted by molar-refractivity contribution is 0.111. The second kappa shape index (κ2) is 6.58. The van der Waals surface area contributed by atoms with E-state index in [1.165, 1.54) is 12.1 Å². The summed E-state index contributed by atoms with van der Waals surface area (Å²) in [5.41, 5.74) is 1.49. The second-order valence-corrected chi connectivity index (χ2v) is 6.67. The maximum Gasteiger partial charge on any atom is 0.297 e. The first-order valence-corrected chi connectivity index (χ1v) is 8.07. The number of aliphatic hydroxyl groups excluding tert-OH is 1. The van der Waals surface area contributed by atoms with Gasteiger partial charge >= 0.3 is 0 Å². The van der Waals surface area contributed by atoms with Crippen LogP contribution in [-0.2, 0) is 14.3 Å². The van der Waals surface area contributed by atoms with Crippen molar-refractivity contribution in [1.29, 1.82) is 0 Å². The van der Waals surface area contributed by atoms with Crippen molar-refractivity contribution in [2.24, 2.45) is 0 Å². The van der Waals surface area contributed by atoms with E-state index >= 15 is 0 Å². The predicted molar refractivity (Wildman–Crippen MR) is 80.7 cm³/mol. The summed E-state index contributed by atoms with van der Waals surface area (Å²) in [4.78, 5) is 0.0661. The van der Waals surface area contributed by atoms with E-state index in [1.807, 2.05) is 6.92 Å². The van der Waals surface area contributed by atoms with Gasteiger partial charge < -0.3 is 5.11 Å². The van der Waals surface area contributed by atoms with E-state index in [0.717, 1.165) is 5.56 Å². The fourth-order valence-corrected chi connectivity index (χ4v) is 2.75. The first-order chi connectivity index (χ1) is 9.88. The van der Waals surface area contributed by atoms with Crippen LogP contribution in [0.5, 0.6) is 0 Å². The van der Waals surface area contributed by atoms with E-state index in [1.54, 1.807) is 36.4 Å². The zero-order chi connectivity index (χ0) is 15.5. The fourth-order valence-electron chi connectivity index (χ4n) is 1.71. The van der Waals surface area contributed by atoms with Gasteiger partial charge in [0.1, 0.15) is 6.10 Å². The van der Waals surface area contributed by atoms with Gasteiger partial charge in [-0.25, -0.2) is 0 Å². The number of hydrogen-bond donors (Lipinski definition) is 1. The average molecular weight is 327 g/mol. The Hall–Kier alpha value is -1.40. The van der Waals surface area contributed by atoms with E-state index in [4.69, 9.17) is 15.8 Å². The summed E-state index contributed by atoms with van der Waals surface area (Å²) in [6.07, 6.45) is -1.04. The summed E-state index contributed by atoms with van der Waals surface area (Å²) < 4.78 is 28.8. The minimum absolute atomic E-state index is 0.0661. The van der Waals surface area contributed by atoms with E-state index in [-0.39, 0.29) is 11.5 Å². The molecule has 0 aliphatic heterocycles. The smallest absolute Gasteiger partial charge is 0.297 e. The first-order valence-electron chi connectivity index (χ1n) is 6.28. The molecule has 2 aromatic rings. The highest BCUT2D eigenvalue weighted by atomic mass is 35.5. The summed E-state index contributed by atoms with van der Waals surface area (Å²) in [6, 6.07) is 12.8. The third-order valence-electron chi connectivity index (χ3n) is 2.95. The molecule has 0 spiro atoms. The van der Waals surface area contributed by atoms with Crippen LogP contribution >= 0.6 is 11.6 Å². The van der Waals surface area contributed by atoms with Gasteiger partial charge in [0.25, 0.3) is 10.1 Å². The fraction of sp³-hybridized carbons (Fsp3) is 0.200. The second-order valence-electron chi connectivity index (χ2n) is 4.62. The molecule has 6 heteroatoms. The van der Waals surface area contributed by atoms with Crippen LogP contribution in [0.25, 0.3) is 0 Å². The maximum atomic E-state index is 12.0. The standard InChI is InChI=1S/C15H15ClO4S/c1-11-2-8-14(9-3-11)21(18,19)20-10-15(17)12-4-6-13(16)7-5-12/h2-9,15,17H,10H2,1H3/t15-/m1/s1. The molecule has 21 heavy (non-hydrogen) atoms. The molecule has 4 nitrogen and oxygen atoms in total. The molecular formula is C15H15ClO4S. The van der Waals surface area contributed by atoms with Gasteiger partial charge in [-0.15, -0.1) is 0 Å². The van der Waals surface area contributed by atoms with Crippen molar-refractivity contribution in [2.75, 3.05) is 6.61 Å². The number of halogens is 1. The molecule has 0 aromatic heterocycles. The van der Waals surface area contributed by atoms with Crippen LogP contribution in [0.1, 0.15) is 17.2 Å². The summed E-state index contributed by atoms with van der Waals surface area (Å²) in [7, 11) is -3.87. The molecule has 112 valence electrons. The Bertz CT molecular complexity index is 693. The largest absolute Gasteiger partial charge is 0.386 e. The Morgan fingerprint density at radius 2 is 1.67 bits per heavy atom. The highest BCUT2D eigenvalue weighted by molar-refractivity contribution is 7.86. The molecular weight excluding hydrogens is 312 g/mol. The van der Waals surface area contributed by atoms with Crippen molar-refractivity contribution in [1.82, 2.24) is 0 Å². The van der Waals surface area contributed by atoms with Crippen LogP contribution in [0.15, 0.2) is 53.4 Å². The lowest BCUT2D eigenvalue weighted by Crippen LogP contribution is -2.13. The van der Waals surface area contributed by atoms with E-state index < -0.39 is 16.2 Å². The molecule has 0 amide bonds. The SMILES string of the molecule is Cc1ccc(S(=O)(=O)OC[C@@H](O)c2ccc(Cl)cc2)cc1. The molecule has 0 fully saturated rings. The topological polar surface area (TPSA) is 63.6 Å². The summed E-state index contributed by atoms with van der Waals surface area (Å²) in [5, 5.41) is 10.5. The van der Waals surface area contributed by atoms with Crippen molar-refractivity contribution in [3.63, 3.8) is 0 Å². The molecule has 1 N–H and O–H groups in total. The zero-order valence-corrected chi connectivity index (χ0v) is 12.9. The van der Waals surface area contributed by atoms with Crippen LogP contribution in [0.2, 0.25) is 5.02 Å². The molecule has 0 bridgehead atoms. The van der Waals surface area contributed by atoms with Gasteiger partial charge in [-0.1, -0.05) is 41.4 Å². The van der Waals surface area contributed by atoms with Crippen LogP contribution < -0.4 is 0 Å². The van der Waals surface area contributed by atoms with Gasteiger partial charge in [-0.2, -0.15) is 8.42 Å². The van der Waals surface area contributed by atoms with Gasteiger partial charge in [0.2, 0.25) is 0 Å². The molecule has 0 saturated carbocycles. The number of aryl methyl sites for hydroxylation is 1. The summed E-state index contributed by atoms with van der Waals surface area (Å²) in [6.45, 7) is 1.51. The third-order valence-corrected chi connectivity index (χ3v) is 4.49. The van der Waals surface area contributed by atoms with E-state index in [9.17, 15) is 13.5 Å². The van der Waals surface area contributed by atoms with Crippen molar-refractivity contribution in [3.8, 4) is 0 Å². The Balaban J connectivity index is 2.04. The number of rotatable bonds is 5. The van der Waals surface area contributed by atoms with Crippen LogP contribution in [0, 0.1) is 6.92 Å². The molecule has 0 radical (unpaired) electrons. The highest BCUT2D eigenvalue weighted by Gasteiger charge is 2.18. The van der Waals surface area contributed by atoms with Crippen LogP contribution in [0.3, 0.4) is 0 Å². The number of aliphatic hydroxyl groups is 1. The van der Waals surface area contributed by atoms with E-state index in [2.05, 4.69) is 0 Å². The van der Waals surface area contributed by atoms with Crippen molar-refractivity contribution >= 4 is 21.7 Å². The lowest BCUT2D eigenvalue weighted by atomic mass is 10.1. The first kappa shape index (κ1) is 16.0. The van der Waals surface area contributed by atoms with Gasteiger partial charge in [-0.05, 0) is 36.8 Å². The highest BCUT2D eigenvalue weighted by Crippen LogP contribution is 2.19. The summed E-state index contributed by atoms with van der Waals surface area (Å²) >= 11 is 5.75. The third kappa shape index (κ3) is 4.28. The molecule has 0 heterocycles. The maximum absolute atomic E-state index is 12.0. The van der Waals surface area contributed by atoms with Gasteiger partial charge in [0.05, 0.1) is 11.5 Å². The van der Waals surface area contributed by atoms with Crippen LogP contribution in [0.4, 0.5) is 0 Å².